The van der Waals surface area contributed by atoms with Crippen LogP contribution in [0.25, 0.3) is 0 Å². The van der Waals surface area contributed by atoms with E-state index in [2.05, 4.69) is 20.7 Å². The van der Waals surface area contributed by atoms with E-state index < -0.39 is 10.0 Å². The highest BCUT2D eigenvalue weighted by Gasteiger charge is 2.21. The van der Waals surface area contributed by atoms with Gasteiger partial charge in [-0.25, -0.2) is 13.1 Å². The molecule has 0 atom stereocenters. The molecule has 21 heavy (non-hydrogen) atoms. The first-order chi connectivity index (χ1) is 9.81. The van der Waals surface area contributed by atoms with E-state index in [4.69, 9.17) is 9.47 Å². The molecule has 1 N–H and O–H groups in total. The van der Waals surface area contributed by atoms with Crippen molar-refractivity contribution in [2.45, 2.75) is 11.3 Å². The first-order valence-corrected chi connectivity index (χ1v) is 8.65. The van der Waals surface area contributed by atoms with E-state index in [1.807, 2.05) is 19.0 Å². The van der Waals surface area contributed by atoms with Gasteiger partial charge in [0.05, 0.1) is 18.7 Å². The molecule has 120 valence electrons. The molecule has 0 aromatic heterocycles. The Morgan fingerprint density at radius 3 is 2.33 bits per heavy atom. The van der Waals surface area contributed by atoms with Gasteiger partial charge in [0, 0.05) is 12.6 Å². The highest BCUT2D eigenvalue weighted by atomic mass is 79.9. The van der Waals surface area contributed by atoms with Crippen molar-refractivity contribution >= 4 is 26.0 Å². The predicted octanol–water partition coefficient (Wildman–Crippen LogP) is 1.70. The van der Waals surface area contributed by atoms with Crippen molar-refractivity contribution in [3.63, 3.8) is 0 Å². The van der Waals surface area contributed by atoms with Crippen molar-refractivity contribution in [1.82, 2.24) is 9.62 Å². The molecular formula is C13H21BrN2O4S. The zero-order valence-corrected chi connectivity index (χ0v) is 15.0. The van der Waals surface area contributed by atoms with Gasteiger partial charge in [-0.3, -0.25) is 0 Å². The fourth-order valence-corrected chi connectivity index (χ4v) is 3.44. The number of sulfonamides is 1. The number of methoxy groups -OCH3 is 2. The molecule has 6 nitrogen and oxygen atoms in total. The summed E-state index contributed by atoms with van der Waals surface area (Å²) < 4.78 is 38.2. The SMILES string of the molecule is COc1cc(S(=O)(=O)NCCCN(C)C)c(OC)cc1Br. The number of hydrogen-bond acceptors (Lipinski definition) is 5. The third-order valence-electron chi connectivity index (χ3n) is 2.80. The van der Waals surface area contributed by atoms with Gasteiger partial charge >= 0.3 is 0 Å². The average Bonchev–Trinajstić information content (AvgIpc) is 2.42. The van der Waals surface area contributed by atoms with E-state index in [1.165, 1.54) is 20.3 Å². The topological polar surface area (TPSA) is 67.9 Å². The van der Waals surface area contributed by atoms with Crippen molar-refractivity contribution in [2.75, 3.05) is 41.4 Å². The van der Waals surface area contributed by atoms with E-state index in [0.29, 0.717) is 16.8 Å². The smallest absolute Gasteiger partial charge is 0.244 e. The van der Waals surface area contributed by atoms with E-state index in [0.717, 1.165) is 13.0 Å². The fourth-order valence-electron chi connectivity index (χ4n) is 1.72. The maximum absolute atomic E-state index is 12.4. The molecule has 0 unspecified atom stereocenters. The molecule has 0 aliphatic heterocycles. The van der Waals surface area contributed by atoms with Gasteiger partial charge in [-0.05, 0) is 49.1 Å². The normalized spacial score (nSPS) is 11.7. The molecule has 1 aromatic carbocycles. The van der Waals surface area contributed by atoms with Crippen molar-refractivity contribution < 1.29 is 17.9 Å². The molecule has 0 heterocycles. The number of ether oxygens (including phenoxy) is 2. The molecular weight excluding hydrogens is 360 g/mol. The second-order valence-corrected chi connectivity index (χ2v) is 7.28. The second kappa shape index (κ2) is 7.98. The van der Waals surface area contributed by atoms with E-state index in [-0.39, 0.29) is 10.6 Å². The van der Waals surface area contributed by atoms with Crippen LogP contribution >= 0.6 is 15.9 Å². The van der Waals surface area contributed by atoms with Crippen molar-refractivity contribution in [3.05, 3.63) is 16.6 Å². The summed E-state index contributed by atoms with van der Waals surface area (Å²) >= 11 is 3.30. The molecule has 0 saturated carbocycles. The molecule has 0 aliphatic carbocycles. The minimum absolute atomic E-state index is 0.0647. The number of nitrogens with zero attached hydrogens (tertiary/aromatic N) is 1. The second-order valence-electron chi connectivity index (χ2n) is 4.69. The zero-order valence-electron chi connectivity index (χ0n) is 12.6. The lowest BCUT2D eigenvalue weighted by Gasteiger charge is -2.14. The minimum Gasteiger partial charge on any atom is -0.496 e. The molecule has 0 saturated heterocycles. The summed E-state index contributed by atoms with van der Waals surface area (Å²) in [6.07, 6.45) is 0.724. The van der Waals surface area contributed by atoms with Crippen LogP contribution in [-0.4, -0.2) is 54.7 Å². The minimum atomic E-state index is -3.64. The molecule has 0 fully saturated rings. The lowest BCUT2D eigenvalue weighted by Crippen LogP contribution is -2.27. The van der Waals surface area contributed by atoms with Crippen LogP contribution in [-0.2, 0) is 10.0 Å². The van der Waals surface area contributed by atoms with Crippen molar-refractivity contribution in [2.24, 2.45) is 0 Å². The molecule has 8 heteroatoms. The Labute approximate surface area is 134 Å². The summed E-state index contributed by atoms with van der Waals surface area (Å²) in [5, 5.41) is 0. The van der Waals surface area contributed by atoms with Crippen LogP contribution in [0, 0.1) is 0 Å². The standard InChI is InChI=1S/C13H21BrN2O4S/c1-16(2)7-5-6-15-21(17,18)13-9-11(19-3)10(14)8-12(13)20-4/h8-9,15H,5-7H2,1-4H3. The molecule has 0 amide bonds. The highest BCUT2D eigenvalue weighted by molar-refractivity contribution is 9.10. The summed E-state index contributed by atoms with van der Waals surface area (Å²) in [6, 6.07) is 3.02. The zero-order chi connectivity index (χ0) is 16.0. The van der Waals surface area contributed by atoms with Crippen LogP contribution in [0.5, 0.6) is 11.5 Å². The van der Waals surface area contributed by atoms with Crippen LogP contribution in [0.15, 0.2) is 21.5 Å². The quantitative estimate of drug-likeness (QED) is 0.695. The lowest BCUT2D eigenvalue weighted by atomic mass is 10.3. The van der Waals surface area contributed by atoms with Crippen LogP contribution < -0.4 is 14.2 Å². The highest BCUT2D eigenvalue weighted by Crippen LogP contribution is 2.35. The Morgan fingerprint density at radius 2 is 1.81 bits per heavy atom. The number of benzene rings is 1. The van der Waals surface area contributed by atoms with Gasteiger partial charge in [0.25, 0.3) is 0 Å². The van der Waals surface area contributed by atoms with Gasteiger partial charge in [0.15, 0.2) is 0 Å². The Bertz CT molecular complexity index is 576. The maximum atomic E-state index is 12.4. The largest absolute Gasteiger partial charge is 0.496 e. The third kappa shape index (κ3) is 5.14. The van der Waals surface area contributed by atoms with E-state index in [9.17, 15) is 8.42 Å². The van der Waals surface area contributed by atoms with Gasteiger partial charge in [0.1, 0.15) is 16.4 Å². The van der Waals surface area contributed by atoms with Crippen LogP contribution in [0.3, 0.4) is 0 Å². The lowest BCUT2D eigenvalue weighted by molar-refractivity contribution is 0.389. The van der Waals surface area contributed by atoms with E-state index in [1.54, 1.807) is 6.07 Å². The average molecular weight is 381 g/mol. The maximum Gasteiger partial charge on any atom is 0.244 e. The Morgan fingerprint density at radius 1 is 1.19 bits per heavy atom. The van der Waals surface area contributed by atoms with E-state index >= 15 is 0 Å². The summed E-state index contributed by atoms with van der Waals surface area (Å²) in [5.74, 6) is 0.701. The first kappa shape index (κ1) is 18.2. The summed E-state index contributed by atoms with van der Waals surface area (Å²) in [5.41, 5.74) is 0. The summed E-state index contributed by atoms with van der Waals surface area (Å²) in [7, 11) is 3.15. The van der Waals surface area contributed by atoms with Gasteiger partial charge < -0.3 is 14.4 Å². The van der Waals surface area contributed by atoms with Gasteiger partial charge in [-0.2, -0.15) is 0 Å². The van der Waals surface area contributed by atoms with Gasteiger partial charge in [0.2, 0.25) is 10.0 Å². The molecule has 0 radical (unpaired) electrons. The first-order valence-electron chi connectivity index (χ1n) is 6.37. The molecule has 1 aromatic rings. The third-order valence-corrected chi connectivity index (χ3v) is 4.90. The summed E-state index contributed by atoms with van der Waals surface area (Å²) in [6.45, 7) is 1.17. The molecule has 0 aliphatic rings. The molecule has 0 bridgehead atoms. The fraction of sp³-hybridized carbons (Fsp3) is 0.538. The summed E-state index contributed by atoms with van der Waals surface area (Å²) in [4.78, 5) is 2.06. The van der Waals surface area contributed by atoms with Gasteiger partial charge in [-0.1, -0.05) is 0 Å². The van der Waals surface area contributed by atoms with Crippen LogP contribution in [0.1, 0.15) is 6.42 Å². The van der Waals surface area contributed by atoms with Crippen molar-refractivity contribution in [1.29, 1.82) is 0 Å². The van der Waals surface area contributed by atoms with Crippen LogP contribution in [0.4, 0.5) is 0 Å². The van der Waals surface area contributed by atoms with Gasteiger partial charge in [-0.15, -0.1) is 0 Å². The number of halogens is 1. The Hall–Kier alpha value is -0.830. The number of nitrogens with one attached hydrogen (secondary N) is 1. The molecule has 1 rings (SSSR count). The number of hydrogen-bond donors (Lipinski definition) is 1. The Balaban J connectivity index is 2.96. The molecule has 0 spiro atoms. The predicted molar refractivity (Wildman–Crippen MR) is 85.6 cm³/mol. The van der Waals surface area contributed by atoms with Crippen molar-refractivity contribution in [3.8, 4) is 11.5 Å². The monoisotopic (exact) mass is 380 g/mol. The Kier molecular flexibility index (Phi) is 6.92. The van der Waals surface area contributed by atoms with Crippen LogP contribution in [0.2, 0.25) is 0 Å². The number of rotatable bonds is 8.